The number of halogens is 2. The van der Waals surface area contributed by atoms with Gasteiger partial charge in [-0.3, -0.25) is 0 Å². The van der Waals surface area contributed by atoms with Crippen LogP contribution in [0.5, 0.6) is 0 Å². The lowest BCUT2D eigenvalue weighted by molar-refractivity contribution is 0.650. The van der Waals surface area contributed by atoms with Gasteiger partial charge >= 0.3 is 0 Å². The van der Waals surface area contributed by atoms with E-state index in [9.17, 15) is 0 Å². The Kier molecular flexibility index (Phi) is 4.16. The van der Waals surface area contributed by atoms with Crippen LogP contribution in [-0.4, -0.2) is 15.0 Å². The van der Waals surface area contributed by atoms with Crippen molar-refractivity contribution in [2.75, 3.05) is 0 Å². The first kappa shape index (κ1) is 12.3. The van der Waals surface area contributed by atoms with Crippen LogP contribution in [0.3, 0.4) is 0 Å². The molecule has 0 aliphatic carbocycles. The molecule has 0 bridgehead atoms. The van der Waals surface area contributed by atoms with Crippen LogP contribution in [-0.2, 0) is 6.54 Å². The predicted molar refractivity (Wildman–Crippen MR) is 73.1 cm³/mol. The standard InChI is InChI=1S/C10H11Br2N3S/c1-2-8(11)9-5-15(14-13-9)4-7-3-10(12)16-6-7/h3,5-6,8H,2,4H2,1H3. The number of hydrogen-bond acceptors (Lipinski definition) is 3. The Morgan fingerprint density at radius 2 is 2.38 bits per heavy atom. The van der Waals surface area contributed by atoms with Crippen LogP contribution in [0.15, 0.2) is 21.4 Å². The Labute approximate surface area is 115 Å². The van der Waals surface area contributed by atoms with Crippen LogP contribution in [0, 0.1) is 0 Å². The Bertz CT molecular complexity index is 466. The largest absolute Gasteiger partial charge is 0.248 e. The summed E-state index contributed by atoms with van der Waals surface area (Å²) in [6.45, 7) is 2.90. The molecule has 0 saturated heterocycles. The zero-order valence-electron chi connectivity index (χ0n) is 8.73. The average molecular weight is 365 g/mol. The summed E-state index contributed by atoms with van der Waals surface area (Å²) in [5.41, 5.74) is 2.24. The predicted octanol–water partition coefficient (Wildman–Crippen LogP) is 4.00. The lowest BCUT2D eigenvalue weighted by Gasteiger charge is -1.99. The zero-order valence-corrected chi connectivity index (χ0v) is 12.7. The molecule has 0 amide bonds. The van der Waals surface area contributed by atoms with E-state index in [1.165, 1.54) is 5.56 Å². The highest BCUT2D eigenvalue weighted by Crippen LogP contribution is 2.24. The van der Waals surface area contributed by atoms with Gasteiger partial charge in [0.25, 0.3) is 0 Å². The Balaban J connectivity index is 2.08. The van der Waals surface area contributed by atoms with E-state index in [4.69, 9.17) is 0 Å². The normalized spacial score (nSPS) is 12.9. The number of thiophene rings is 1. The van der Waals surface area contributed by atoms with E-state index in [0.717, 1.165) is 22.4 Å². The fourth-order valence-electron chi connectivity index (χ4n) is 1.36. The lowest BCUT2D eigenvalue weighted by Crippen LogP contribution is -1.98. The number of aromatic nitrogens is 3. The van der Waals surface area contributed by atoms with Crippen molar-refractivity contribution < 1.29 is 0 Å². The molecular formula is C10H11Br2N3S. The minimum Gasteiger partial charge on any atom is -0.248 e. The first-order chi connectivity index (χ1) is 7.69. The van der Waals surface area contributed by atoms with E-state index >= 15 is 0 Å². The fourth-order valence-corrected chi connectivity index (χ4v) is 2.77. The first-order valence-corrected chi connectivity index (χ1v) is 7.55. The SMILES string of the molecule is CCC(Br)c1cn(Cc2csc(Br)c2)nn1. The Morgan fingerprint density at radius 3 is 3.00 bits per heavy atom. The lowest BCUT2D eigenvalue weighted by atomic mass is 10.3. The highest BCUT2D eigenvalue weighted by molar-refractivity contribution is 9.11. The Hall–Kier alpha value is -0.200. The summed E-state index contributed by atoms with van der Waals surface area (Å²) in [6, 6.07) is 2.11. The molecule has 0 fully saturated rings. The van der Waals surface area contributed by atoms with E-state index in [-0.39, 0.29) is 0 Å². The van der Waals surface area contributed by atoms with Gasteiger partial charge in [-0.05, 0) is 39.4 Å². The van der Waals surface area contributed by atoms with Crippen LogP contribution in [0.2, 0.25) is 0 Å². The maximum absolute atomic E-state index is 4.15. The van der Waals surface area contributed by atoms with E-state index in [2.05, 4.69) is 60.5 Å². The molecule has 0 saturated carbocycles. The zero-order chi connectivity index (χ0) is 11.5. The smallest absolute Gasteiger partial charge is 0.0963 e. The molecule has 0 aliphatic rings. The van der Waals surface area contributed by atoms with Crippen LogP contribution < -0.4 is 0 Å². The number of alkyl halides is 1. The highest BCUT2D eigenvalue weighted by Gasteiger charge is 2.09. The molecule has 1 unspecified atom stereocenters. The van der Waals surface area contributed by atoms with Crippen molar-refractivity contribution in [2.24, 2.45) is 0 Å². The minimum absolute atomic E-state index is 0.301. The summed E-state index contributed by atoms with van der Waals surface area (Å²) in [4.78, 5) is 0.301. The molecule has 0 aromatic carbocycles. The Morgan fingerprint density at radius 1 is 1.56 bits per heavy atom. The molecule has 2 heterocycles. The molecule has 2 rings (SSSR count). The van der Waals surface area contributed by atoms with Gasteiger partial charge in [0.2, 0.25) is 0 Å². The van der Waals surface area contributed by atoms with Crippen LogP contribution in [0.1, 0.15) is 29.4 Å². The maximum atomic E-state index is 4.15. The van der Waals surface area contributed by atoms with Crippen LogP contribution >= 0.6 is 43.2 Å². The van der Waals surface area contributed by atoms with E-state index in [1.54, 1.807) is 11.3 Å². The molecule has 1 atom stereocenters. The molecule has 16 heavy (non-hydrogen) atoms. The summed E-state index contributed by atoms with van der Waals surface area (Å²) >= 11 is 8.70. The van der Waals surface area contributed by atoms with Gasteiger partial charge in [0, 0.05) is 6.20 Å². The minimum atomic E-state index is 0.301. The van der Waals surface area contributed by atoms with Gasteiger partial charge in [-0.2, -0.15) is 0 Å². The summed E-state index contributed by atoms with van der Waals surface area (Å²) in [5.74, 6) is 0. The van der Waals surface area contributed by atoms with Crippen LogP contribution in [0.25, 0.3) is 0 Å². The van der Waals surface area contributed by atoms with Gasteiger partial charge in [0.1, 0.15) is 0 Å². The molecule has 3 nitrogen and oxygen atoms in total. The van der Waals surface area contributed by atoms with Gasteiger partial charge in [0.15, 0.2) is 0 Å². The molecule has 0 radical (unpaired) electrons. The second kappa shape index (κ2) is 5.42. The van der Waals surface area contributed by atoms with Gasteiger partial charge in [-0.15, -0.1) is 16.4 Å². The molecule has 86 valence electrons. The van der Waals surface area contributed by atoms with Crippen molar-refractivity contribution in [2.45, 2.75) is 24.7 Å². The molecule has 2 aromatic rings. The summed E-state index contributed by atoms with van der Waals surface area (Å²) in [6.07, 6.45) is 3.01. The second-order valence-electron chi connectivity index (χ2n) is 3.48. The topological polar surface area (TPSA) is 30.7 Å². The molecule has 2 aromatic heterocycles. The van der Waals surface area contributed by atoms with Gasteiger partial charge in [0.05, 0.1) is 20.9 Å². The number of hydrogen-bond donors (Lipinski definition) is 0. The number of rotatable bonds is 4. The van der Waals surface area contributed by atoms with E-state index in [0.29, 0.717) is 4.83 Å². The molecule has 6 heteroatoms. The van der Waals surface area contributed by atoms with Crippen molar-refractivity contribution >= 4 is 43.2 Å². The van der Waals surface area contributed by atoms with Gasteiger partial charge in [-0.1, -0.05) is 28.1 Å². The monoisotopic (exact) mass is 363 g/mol. The van der Waals surface area contributed by atoms with Crippen molar-refractivity contribution in [3.63, 3.8) is 0 Å². The summed E-state index contributed by atoms with van der Waals surface area (Å²) in [7, 11) is 0. The summed E-state index contributed by atoms with van der Waals surface area (Å²) < 4.78 is 3.02. The van der Waals surface area contributed by atoms with Crippen LogP contribution in [0.4, 0.5) is 0 Å². The van der Waals surface area contributed by atoms with Crippen molar-refractivity contribution in [3.05, 3.63) is 32.7 Å². The molecule has 0 N–H and O–H groups in total. The number of nitrogens with zero attached hydrogens (tertiary/aromatic N) is 3. The molecule has 0 spiro atoms. The van der Waals surface area contributed by atoms with Crippen molar-refractivity contribution in [1.29, 1.82) is 0 Å². The average Bonchev–Trinajstić information content (AvgIpc) is 2.87. The third-order valence-electron chi connectivity index (χ3n) is 2.20. The molecular weight excluding hydrogens is 354 g/mol. The second-order valence-corrected chi connectivity index (χ2v) is 6.87. The van der Waals surface area contributed by atoms with Crippen molar-refractivity contribution in [3.8, 4) is 0 Å². The van der Waals surface area contributed by atoms with E-state index < -0.39 is 0 Å². The third-order valence-corrected chi connectivity index (χ3v) is 4.87. The van der Waals surface area contributed by atoms with Crippen molar-refractivity contribution in [1.82, 2.24) is 15.0 Å². The quantitative estimate of drug-likeness (QED) is 0.767. The maximum Gasteiger partial charge on any atom is 0.0963 e. The fraction of sp³-hybridized carbons (Fsp3) is 0.400. The summed E-state index contributed by atoms with van der Waals surface area (Å²) in [5, 5.41) is 10.4. The highest BCUT2D eigenvalue weighted by atomic mass is 79.9. The van der Waals surface area contributed by atoms with E-state index in [1.807, 2.05) is 10.9 Å². The third kappa shape index (κ3) is 2.93. The van der Waals surface area contributed by atoms with Gasteiger partial charge < -0.3 is 0 Å². The van der Waals surface area contributed by atoms with Gasteiger partial charge in [-0.25, -0.2) is 4.68 Å². The molecule has 0 aliphatic heterocycles. The first-order valence-electron chi connectivity index (χ1n) is 4.96.